The molecule has 0 aliphatic heterocycles. The van der Waals surface area contributed by atoms with E-state index in [9.17, 15) is 0 Å². The van der Waals surface area contributed by atoms with Gasteiger partial charge in [-0.05, 0) is 204 Å². The topological polar surface area (TPSA) is 32.3 Å². The molecule has 0 unspecified atom stereocenters. The van der Waals surface area contributed by atoms with Crippen molar-refractivity contribution in [3.8, 4) is 22.3 Å². The molecule has 2 heterocycles. The Hall–Kier alpha value is -6.08. The van der Waals surface area contributed by atoms with Crippen molar-refractivity contribution >= 4 is 76.1 Å². The van der Waals surface area contributed by atoms with Gasteiger partial charge in [0.2, 0.25) is 0 Å². The molecule has 9 aromatic rings. The van der Waals surface area contributed by atoms with Crippen LogP contribution in [0.25, 0.3) is 42.7 Å². The molecule has 0 saturated heterocycles. The van der Waals surface area contributed by atoms with Crippen LogP contribution in [0.1, 0.15) is 83.3 Å². The fraction of sp³-hybridized carbons (Fsp3) is 0.214. The van der Waals surface area contributed by atoms with Crippen molar-refractivity contribution in [3.05, 3.63) is 177 Å². The monoisotopic (exact) mass is 842 g/mol. The van der Waals surface area contributed by atoms with E-state index in [1.54, 1.807) is 22.7 Å². The van der Waals surface area contributed by atoms with Crippen LogP contribution in [-0.4, -0.2) is 9.97 Å². The van der Waals surface area contributed by atoms with E-state index in [-0.39, 0.29) is 10.8 Å². The van der Waals surface area contributed by atoms with Crippen molar-refractivity contribution in [1.29, 1.82) is 0 Å². The molecule has 2 aliphatic carbocycles. The van der Waals surface area contributed by atoms with Crippen LogP contribution in [0, 0.1) is 41.5 Å². The highest BCUT2D eigenvalue weighted by atomic mass is 32.1. The molecule has 6 heteroatoms. The molecule has 0 bridgehead atoms. The second-order valence-corrected chi connectivity index (χ2v) is 20.9. The number of aromatic nitrogens is 2. The summed E-state index contributed by atoms with van der Waals surface area (Å²) in [6.45, 7) is 23.0. The third kappa shape index (κ3) is 5.90. The van der Waals surface area contributed by atoms with Crippen molar-refractivity contribution in [1.82, 2.24) is 9.97 Å². The second kappa shape index (κ2) is 13.7. The summed E-state index contributed by atoms with van der Waals surface area (Å²) < 4.78 is 2.38. The summed E-state index contributed by atoms with van der Waals surface area (Å²) in [6.07, 6.45) is 0. The summed E-state index contributed by atoms with van der Waals surface area (Å²) in [4.78, 5) is 15.2. The summed E-state index contributed by atoms with van der Waals surface area (Å²) in [5, 5.41) is 1.96. The first-order valence-corrected chi connectivity index (χ1v) is 23.3. The summed E-state index contributed by atoms with van der Waals surface area (Å²) in [7, 11) is 0. The Morgan fingerprint density at radius 2 is 0.758 bits per heavy atom. The van der Waals surface area contributed by atoms with E-state index in [0.717, 1.165) is 44.0 Å². The molecule has 306 valence electrons. The van der Waals surface area contributed by atoms with Crippen molar-refractivity contribution in [2.75, 3.05) is 9.80 Å². The van der Waals surface area contributed by atoms with Crippen LogP contribution in [0.15, 0.2) is 121 Å². The van der Waals surface area contributed by atoms with Gasteiger partial charge >= 0.3 is 0 Å². The van der Waals surface area contributed by atoms with Gasteiger partial charge in [-0.3, -0.25) is 9.80 Å². The maximum absolute atomic E-state index is 5.22. The third-order valence-electron chi connectivity index (χ3n) is 13.4. The van der Waals surface area contributed by atoms with Gasteiger partial charge in [-0.15, -0.1) is 0 Å². The zero-order chi connectivity index (χ0) is 43.0. The number of thiazole rings is 2. The van der Waals surface area contributed by atoms with Crippen LogP contribution < -0.4 is 9.80 Å². The van der Waals surface area contributed by atoms with Gasteiger partial charge in [-0.25, -0.2) is 9.97 Å². The SMILES string of the molecule is Cc1cc(C)cc(N(c2cc(C)c3c(c2)C(C)(C)c2cc4c(cc2-3)C(C)(C)c2cc(N(c3cc(C)cc(C)c3)c3nc5ccccc5s3)cc(C)c2-4)c2nc3ccccc3s2)c1. The average molecular weight is 843 g/mol. The van der Waals surface area contributed by atoms with Crippen molar-refractivity contribution in [2.24, 2.45) is 0 Å². The highest BCUT2D eigenvalue weighted by Crippen LogP contribution is 2.59. The molecule has 0 saturated carbocycles. The van der Waals surface area contributed by atoms with Gasteiger partial charge in [0, 0.05) is 33.6 Å². The summed E-state index contributed by atoms with van der Waals surface area (Å²) >= 11 is 3.51. The van der Waals surface area contributed by atoms with Crippen molar-refractivity contribution in [3.63, 3.8) is 0 Å². The number of anilines is 6. The van der Waals surface area contributed by atoms with Gasteiger partial charge in [-0.2, -0.15) is 0 Å². The maximum atomic E-state index is 5.22. The zero-order valence-corrected chi connectivity index (χ0v) is 38.8. The van der Waals surface area contributed by atoms with Crippen LogP contribution in [0.3, 0.4) is 0 Å². The first-order valence-electron chi connectivity index (χ1n) is 21.6. The molecule has 0 atom stereocenters. The average Bonchev–Trinajstić information content (AvgIpc) is 3.94. The number of benzene rings is 7. The highest BCUT2D eigenvalue weighted by molar-refractivity contribution is 7.22. The lowest BCUT2D eigenvalue weighted by Gasteiger charge is -2.27. The summed E-state index contributed by atoms with van der Waals surface area (Å²) in [5.41, 5.74) is 24.7. The fourth-order valence-corrected chi connectivity index (χ4v) is 12.7. The van der Waals surface area contributed by atoms with Gasteiger partial charge in [0.05, 0.1) is 20.4 Å². The Kier molecular flexibility index (Phi) is 8.58. The van der Waals surface area contributed by atoms with E-state index in [4.69, 9.17) is 9.97 Å². The van der Waals surface area contributed by atoms with Crippen LogP contribution in [0.4, 0.5) is 33.0 Å². The number of hydrogen-bond donors (Lipinski definition) is 0. The number of nitrogens with zero attached hydrogens (tertiary/aromatic N) is 4. The Morgan fingerprint density at radius 1 is 0.403 bits per heavy atom. The molecule has 0 spiro atoms. The first-order chi connectivity index (χ1) is 29.6. The van der Waals surface area contributed by atoms with Gasteiger partial charge in [0.15, 0.2) is 10.3 Å². The molecule has 7 aromatic carbocycles. The van der Waals surface area contributed by atoms with E-state index >= 15 is 0 Å². The Morgan fingerprint density at radius 3 is 1.13 bits per heavy atom. The van der Waals surface area contributed by atoms with Gasteiger partial charge in [0.1, 0.15) is 0 Å². The lowest BCUT2D eigenvalue weighted by Crippen LogP contribution is -2.18. The molecule has 4 nitrogen and oxygen atoms in total. The lowest BCUT2D eigenvalue weighted by molar-refractivity contribution is 0.652. The molecule has 0 amide bonds. The minimum atomic E-state index is -0.227. The Labute approximate surface area is 373 Å². The fourth-order valence-electron chi connectivity index (χ4n) is 10.6. The van der Waals surface area contributed by atoms with Crippen molar-refractivity contribution < 1.29 is 0 Å². The Balaban J connectivity index is 1.05. The van der Waals surface area contributed by atoms with E-state index in [2.05, 4.69) is 200 Å². The zero-order valence-electron chi connectivity index (χ0n) is 37.2. The van der Waals surface area contributed by atoms with Crippen molar-refractivity contribution in [2.45, 2.75) is 80.1 Å². The molecule has 62 heavy (non-hydrogen) atoms. The second-order valence-electron chi connectivity index (χ2n) is 18.9. The van der Waals surface area contributed by atoms with Crippen LogP contribution >= 0.6 is 22.7 Å². The van der Waals surface area contributed by atoms with Gasteiger partial charge in [0.25, 0.3) is 0 Å². The predicted octanol–water partition coefficient (Wildman–Crippen LogP) is 16.3. The standard InChI is InChI=1S/C56H50N4S2/c1-31-19-32(2)22-37(21-31)59(53-57-47-15-11-13-17-49(47)61-53)39-25-35(5)51-41-29-44-42(30-43(41)55(7,8)45(51)27-39)52-36(6)26-40(28-46(52)56(44,9)10)60(38-23-33(3)20-34(4)24-38)54-58-48-16-12-14-18-50(48)62-54/h11-30H,1-10H3. The number of aryl methyl sites for hydroxylation is 6. The predicted molar refractivity (Wildman–Crippen MR) is 266 cm³/mol. The number of para-hydroxylation sites is 2. The Bertz CT molecular complexity index is 3020. The van der Waals surface area contributed by atoms with Gasteiger partial charge < -0.3 is 0 Å². The molecule has 2 aromatic heterocycles. The van der Waals surface area contributed by atoms with Crippen LogP contribution in [-0.2, 0) is 10.8 Å². The molecule has 0 radical (unpaired) electrons. The molecule has 2 aliphatic rings. The minimum Gasteiger partial charge on any atom is -0.286 e. The lowest BCUT2D eigenvalue weighted by atomic mass is 9.79. The molecular formula is C56H50N4S2. The first kappa shape index (κ1) is 38.8. The smallest absolute Gasteiger partial charge is 0.195 e. The summed E-state index contributed by atoms with van der Waals surface area (Å²) in [6, 6.07) is 45.4. The third-order valence-corrected chi connectivity index (χ3v) is 15.5. The number of rotatable bonds is 6. The normalized spacial score (nSPS) is 14.2. The number of fused-ring (bicyclic) bond motifs is 8. The van der Waals surface area contributed by atoms with E-state index in [1.165, 1.54) is 87.3 Å². The van der Waals surface area contributed by atoms with Gasteiger partial charge in [-0.1, -0.05) is 86.8 Å². The molecular weight excluding hydrogens is 793 g/mol. The molecule has 0 N–H and O–H groups in total. The quantitative estimate of drug-likeness (QED) is 0.167. The largest absolute Gasteiger partial charge is 0.286 e. The van der Waals surface area contributed by atoms with E-state index in [1.807, 2.05) is 0 Å². The summed E-state index contributed by atoms with van der Waals surface area (Å²) in [5.74, 6) is 0. The molecule has 0 fully saturated rings. The number of hydrogen-bond acceptors (Lipinski definition) is 6. The highest BCUT2D eigenvalue weighted by Gasteiger charge is 2.43. The van der Waals surface area contributed by atoms with E-state index in [0.29, 0.717) is 0 Å². The maximum Gasteiger partial charge on any atom is 0.195 e. The van der Waals surface area contributed by atoms with E-state index < -0.39 is 0 Å². The minimum absolute atomic E-state index is 0.227. The van der Waals surface area contributed by atoms with Crippen LogP contribution in [0.2, 0.25) is 0 Å². The molecule has 11 rings (SSSR count). The van der Waals surface area contributed by atoms with Crippen LogP contribution in [0.5, 0.6) is 0 Å².